The average Bonchev–Trinajstić information content (AvgIpc) is 2.96. The van der Waals surface area contributed by atoms with Crippen molar-refractivity contribution in [2.45, 2.75) is 56.1 Å². The summed E-state index contributed by atoms with van der Waals surface area (Å²) in [6, 6.07) is 7.48. The number of hydrogen-bond acceptors (Lipinski definition) is 5. The van der Waals surface area contributed by atoms with Gasteiger partial charge in [-0.05, 0) is 38.1 Å². The highest BCUT2D eigenvalue weighted by atomic mass is 35.5. The van der Waals surface area contributed by atoms with E-state index in [2.05, 4.69) is 5.16 Å². The van der Waals surface area contributed by atoms with Gasteiger partial charge in [0.2, 0.25) is 0 Å². The maximum absolute atomic E-state index is 12.9. The average molecular weight is 384 g/mol. The normalized spacial score (nSPS) is 13.0. The van der Waals surface area contributed by atoms with Gasteiger partial charge in [-0.1, -0.05) is 37.5 Å². The lowest BCUT2D eigenvalue weighted by molar-refractivity contribution is -0.120. The van der Waals surface area contributed by atoms with Gasteiger partial charge in [-0.15, -0.1) is 0 Å². The molecule has 136 valence electrons. The van der Waals surface area contributed by atoms with Crippen LogP contribution in [0.4, 0.5) is 0 Å². The highest BCUT2D eigenvalue weighted by Gasteiger charge is 2.42. The Morgan fingerprint density at radius 1 is 1.12 bits per heavy atom. The fourth-order valence-corrected chi connectivity index (χ4v) is 3.77. The first kappa shape index (κ1) is 19.7. The Balaban J connectivity index is 2.27. The standard InChI is InChI=1S/C18H22ClNO4S/c1-17(2,3)16-11-13(20-24-16)10-15(21)18(4,5)25(22,23)14-8-6-12(19)7-9-14/h6-9,11H,10H2,1-5H3. The molecular formula is C18H22ClNO4S. The molecular weight excluding hydrogens is 362 g/mol. The summed E-state index contributed by atoms with van der Waals surface area (Å²) < 4.78 is 29.4. The monoisotopic (exact) mass is 383 g/mol. The molecule has 5 nitrogen and oxygen atoms in total. The molecule has 0 radical (unpaired) electrons. The summed E-state index contributed by atoms with van der Waals surface area (Å²) in [5.41, 5.74) is 0.188. The quantitative estimate of drug-likeness (QED) is 0.780. The number of halogens is 1. The second kappa shape index (κ2) is 6.57. The summed E-state index contributed by atoms with van der Waals surface area (Å²) in [7, 11) is -3.86. The molecule has 0 spiro atoms. The molecule has 2 aromatic rings. The Kier molecular flexibility index (Phi) is 5.17. The van der Waals surface area contributed by atoms with Crippen LogP contribution >= 0.6 is 11.6 Å². The second-order valence-electron chi connectivity index (χ2n) is 7.50. The van der Waals surface area contributed by atoms with E-state index in [1.54, 1.807) is 6.07 Å². The van der Waals surface area contributed by atoms with E-state index in [4.69, 9.17) is 16.1 Å². The number of Topliss-reactive ketones (excluding diaryl/α,β-unsaturated/α-hetero) is 1. The maximum Gasteiger partial charge on any atom is 0.190 e. The summed E-state index contributed by atoms with van der Waals surface area (Å²) >= 11 is 5.80. The van der Waals surface area contributed by atoms with Crippen molar-refractivity contribution < 1.29 is 17.7 Å². The zero-order valence-electron chi connectivity index (χ0n) is 15.0. The Morgan fingerprint density at radius 3 is 2.16 bits per heavy atom. The van der Waals surface area contributed by atoms with E-state index in [0.29, 0.717) is 16.5 Å². The number of rotatable bonds is 5. The predicted molar refractivity (Wildman–Crippen MR) is 96.6 cm³/mol. The molecule has 1 aromatic carbocycles. The van der Waals surface area contributed by atoms with Crippen LogP contribution in [0.15, 0.2) is 39.8 Å². The zero-order valence-corrected chi connectivity index (χ0v) is 16.5. The van der Waals surface area contributed by atoms with Crippen LogP contribution in [0.2, 0.25) is 5.02 Å². The summed E-state index contributed by atoms with van der Waals surface area (Å²) in [5, 5.41) is 4.33. The Bertz CT molecular complexity index is 875. The molecule has 0 unspecified atom stereocenters. The first-order valence-corrected chi connectivity index (χ1v) is 9.71. The molecule has 0 amide bonds. The number of carbonyl (C=O) groups is 1. The van der Waals surface area contributed by atoms with Gasteiger partial charge in [0.1, 0.15) is 10.5 Å². The largest absolute Gasteiger partial charge is 0.361 e. The van der Waals surface area contributed by atoms with Gasteiger partial charge in [-0.2, -0.15) is 0 Å². The topological polar surface area (TPSA) is 77.2 Å². The van der Waals surface area contributed by atoms with E-state index in [1.807, 2.05) is 20.8 Å². The van der Waals surface area contributed by atoms with Crippen molar-refractivity contribution in [1.29, 1.82) is 0 Å². The minimum atomic E-state index is -3.86. The SMILES string of the molecule is CC(C)(C)c1cc(CC(=O)C(C)(C)S(=O)(=O)c2ccc(Cl)cc2)no1. The van der Waals surface area contributed by atoms with Gasteiger partial charge in [-0.25, -0.2) is 8.42 Å². The molecule has 0 aliphatic carbocycles. The third kappa shape index (κ3) is 3.96. The number of sulfone groups is 1. The molecule has 0 aliphatic rings. The molecule has 0 N–H and O–H groups in total. The summed E-state index contributed by atoms with van der Waals surface area (Å²) in [4.78, 5) is 12.8. The zero-order chi connectivity index (χ0) is 19.0. The van der Waals surface area contributed by atoms with E-state index < -0.39 is 20.4 Å². The fourth-order valence-electron chi connectivity index (χ4n) is 2.18. The molecule has 0 saturated heterocycles. The molecule has 0 atom stereocenters. The molecule has 25 heavy (non-hydrogen) atoms. The van der Waals surface area contributed by atoms with Gasteiger partial charge in [0.05, 0.1) is 17.0 Å². The lowest BCUT2D eigenvalue weighted by Crippen LogP contribution is -2.41. The van der Waals surface area contributed by atoms with Gasteiger partial charge < -0.3 is 4.52 Å². The highest BCUT2D eigenvalue weighted by molar-refractivity contribution is 7.93. The van der Waals surface area contributed by atoms with Crippen LogP contribution in [0.1, 0.15) is 46.1 Å². The maximum atomic E-state index is 12.9. The number of hydrogen-bond donors (Lipinski definition) is 0. The summed E-state index contributed by atoms with van der Waals surface area (Å²) in [5.74, 6) is 0.199. The van der Waals surface area contributed by atoms with E-state index in [9.17, 15) is 13.2 Å². The molecule has 1 aromatic heterocycles. The molecule has 0 aliphatic heterocycles. The third-order valence-electron chi connectivity index (χ3n) is 4.11. The van der Waals surface area contributed by atoms with E-state index >= 15 is 0 Å². The second-order valence-corrected chi connectivity index (χ2v) is 10.4. The smallest absolute Gasteiger partial charge is 0.190 e. The molecule has 0 saturated carbocycles. The van der Waals surface area contributed by atoms with E-state index in [-0.39, 0.29) is 16.7 Å². The molecule has 1 heterocycles. The van der Waals surface area contributed by atoms with Crippen molar-refractivity contribution in [1.82, 2.24) is 5.16 Å². The third-order valence-corrected chi connectivity index (χ3v) is 6.82. The molecule has 7 heteroatoms. The van der Waals surface area contributed by atoms with Crippen LogP contribution in [-0.4, -0.2) is 24.1 Å². The van der Waals surface area contributed by atoms with Crippen molar-refractivity contribution in [3.8, 4) is 0 Å². The number of carbonyl (C=O) groups excluding carboxylic acids is 1. The van der Waals surface area contributed by atoms with Crippen molar-refractivity contribution in [3.05, 3.63) is 46.8 Å². The van der Waals surface area contributed by atoms with Crippen molar-refractivity contribution >= 4 is 27.2 Å². The predicted octanol–water partition coefficient (Wildman–Crippen LogP) is 3.99. The first-order valence-electron chi connectivity index (χ1n) is 7.85. The highest BCUT2D eigenvalue weighted by Crippen LogP contribution is 2.29. The van der Waals surface area contributed by atoms with Crippen molar-refractivity contribution in [2.75, 3.05) is 0 Å². The van der Waals surface area contributed by atoms with Gasteiger partial charge >= 0.3 is 0 Å². The Morgan fingerprint density at radius 2 is 1.68 bits per heavy atom. The van der Waals surface area contributed by atoms with E-state index in [0.717, 1.165) is 0 Å². The number of benzene rings is 1. The first-order chi connectivity index (χ1) is 11.4. The van der Waals surface area contributed by atoms with Gasteiger partial charge in [-0.3, -0.25) is 4.79 Å². The number of nitrogens with zero attached hydrogens (tertiary/aromatic N) is 1. The molecule has 2 rings (SSSR count). The van der Waals surface area contributed by atoms with Crippen LogP contribution in [0.5, 0.6) is 0 Å². The Labute approximate surface area is 153 Å². The van der Waals surface area contributed by atoms with Crippen LogP contribution in [0.25, 0.3) is 0 Å². The molecule has 0 fully saturated rings. The minimum Gasteiger partial charge on any atom is -0.361 e. The van der Waals surface area contributed by atoms with Crippen LogP contribution in [0.3, 0.4) is 0 Å². The van der Waals surface area contributed by atoms with Gasteiger partial charge in [0.25, 0.3) is 0 Å². The lowest BCUT2D eigenvalue weighted by Gasteiger charge is -2.23. The molecule has 0 bridgehead atoms. The van der Waals surface area contributed by atoms with Crippen molar-refractivity contribution in [3.63, 3.8) is 0 Å². The fraction of sp³-hybridized carbons (Fsp3) is 0.444. The van der Waals surface area contributed by atoms with Crippen LogP contribution in [-0.2, 0) is 26.5 Å². The lowest BCUT2D eigenvalue weighted by atomic mass is 9.92. The van der Waals surface area contributed by atoms with E-state index in [1.165, 1.54) is 38.1 Å². The minimum absolute atomic E-state index is 0.0609. The van der Waals surface area contributed by atoms with Crippen LogP contribution in [0, 0.1) is 0 Å². The Hall–Kier alpha value is -1.66. The summed E-state index contributed by atoms with van der Waals surface area (Å²) in [6.07, 6.45) is -0.112. The number of aromatic nitrogens is 1. The van der Waals surface area contributed by atoms with Gasteiger partial charge in [0, 0.05) is 16.5 Å². The summed E-state index contributed by atoms with van der Waals surface area (Å²) in [6.45, 7) is 8.71. The van der Waals surface area contributed by atoms with Crippen molar-refractivity contribution in [2.24, 2.45) is 0 Å². The number of ketones is 1. The van der Waals surface area contributed by atoms with Crippen LogP contribution < -0.4 is 0 Å². The van der Waals surface area contributed by atoms with Gasteiger partial charge in [0.15, 0.2) is 15.6 Å².